The third kappa shape index (κ3) is 1.42. The van der Waals surface area contributed by atoms with Gasteiger partial charge in [-0.15, -0.1) is 0 Å². The summed E-state index contributed by atoms with van der Waals surface area (Å²) < 4.78 is 27.1. The summed E-state index contributed by atoms with van der Waals surface area (Å²) in [5.74, 6) is -2.94. The molecule has 0 aliphatic heterocycles. The molecule has 2 nitrogen and oxygen atoms in total. The second-order valence-corrected chi connectivity index (χ2v) is 4.14. The summed E-state index contributed by atoms with van der Waals surface area (Å²) >= 11 is 0. The Balaban J connectivity index is 2.15. The van der Waals surface area contributed by atoms with Gasteiger partial charge in [-0.2, -0.15) is 5.10 Å². The highest BCUT2D eigenvalue weighted by Gasteiger charge is 2.56. The maximum Gasteiger partial charge on any atom is 0.253 e. The number of hydrogen-bond acceptors (Lipinski definition) is 1. The second kappa shape index (κ2) is 2.78. The molecule has 0 aromatic carbocycles. The van der Waals surface area contributed by atoms with Gasteiger partial charge >= 0.3 is 0 Å². The first-order valence-electron chi connectivity index (χ1n) is 4.80. The van der Waals surface area contributed by atoms with E-state index in [1.165, 1.54) is 0 Å². The lowest BCUT2D eigenvalue weighted by atomic mass is 10.2. The molecule has 1 atom stereocenters. The third-order valence-corrected chi connectivity index (χ3v) is 3.09. The Bertz CT molecular complexity index is 368. The molecule has 1 aromatic rings. The number of halogens is 2. The van der Waals surface area contributed by atoms with Gasteiger partial charge in [-0.3, -0.25) is 4.68 Å². The molecule has 0 N–H and O–H groups in total. The summed E-state index contributed by atoms with van der Waals surface area (Å²) in [5.41, 5.74) is 3.05. The molecule has 1 saturated carbocycles. The fourth-order valence-electron chi connectivity index (χ4n) is 1.64. The Morgan fingerprint density at radius 2 is 2.00 bits per heavy atom. The van der Waals surface area contributed by atoms with Gasteiger partial charge in [0, 0.05) is 24.6 Å². The standard InChI is InChI=1S/C10H14F2N2/c1-6-7(2)13-14(8(6)3)5-9-4-10(9,11)12/h9H,4-5H2,1-3H3. The summed E-state index contributed by atoms with van der Waals surface area (Å²) in [5, 5.41) is 4.24. The van der Waals surface area contributed by atoms with Crippen molar-refractivity contribution in [2.24, 2.45) is 5.92 Å². The molecule has 1 aliphatic rings. The van der Waals surface area contributed by atoms with Crippen LogP contribution >= 0.6 is 0 Å². The number of alkyl halides is 2. The van der Waals surface area contributed by atoms with Crippen LogP contribution in [0.3, 0.4) is 0 Å². The molecular weight excluding hydrogens is 186 g/mol. The SMILES string of the molecule is Cc1nn(CC2CC2(F)F)c(C)c1C. The fourth-order valence-corrected chi connectivity index (χ4v) is 1.64. The molecule has 0 spiro atoms. The van der Waals surface area contributed by atoms with Gasteiger partial charge in [0.1, 0.15) is 0 Å². The van der Waals surface area contributed by atoms with Crippen LogP contribution in [0.5, 0.6) is 0 Å². The quantitative estimate of drug-likeness (QED) is 0.717. The molecule has 2 rings (SSSR count). The normalized spacial score (nSPS) is 23.9. The van der Waals surface area contributed by atoms with Gasteiger partial charge < -0.3 is 0 Å². The zero-order valence-corrected chi connectivity index (χ0v) is 8.64. The van der Waals surface area contributed by atoms with E-state index in [9.17, 15) is 8.78 Å². The third-order valence-electron chi connectivity index (χ3n) is 3.09. The van der Waals surface area contributed by atoms with Gasteiger partial charge in [-0.1, -0.05) is 0 Å². The summed E-state index contributed by atoms with van der Waals surface area (Å²) in [4.78, 5) is 0. The highest BCUT2D eigenvalue weighted by atomic mass is 19.3. The molecule has 1 fully saturated rings. The highest BCUT2D eigenvalue weighted by Crippen LogP contribution is 2.49. The Kier molecular flexibility index (Phi) is 1.91. The molecule has 1 aliphatic carbocycles. The van der Waals surface area contributed by atoms with Crippen molar-refractivity contribution in [2.75, 3.05) is 0 Å². The van der Waals surface area contributed by atoms with E-state index < -0.39 is 11.8 Å². The number of hydrogen-bond donors (Lipinski definition) is 0. The minimum absolute atomic E-state index is 0.0182. The molecule has 0 bridgehead atoms. The van der Waals surface area contributed by atoms with Gasteiger partial charge in [-0.25, -0.2) is 8.78 Å². The predicted octanol–water partition coefficient (Wildman–Crippen LogP) is 2.46. The maximum atomic E-state index is 12.7. The first-order chi connectivity index (χ1) is 6.42. The number of aromatic nitrogens is 2. The van der Waals surface area contributed by atoms with Crippen LogP contribution in [0.25, 0.3) is 0 Å². The van der Waals surface area contributed by atoms with E-state index in [1.807, 2.05) is 20.8 Å². The lowest BCUT2D eigenvalue weighted by Crippen LogP contribution is -2.08. The van der Waals surface area contributed by atoms with Crippen molar-refractivity contribution in [3.63, 3.8) is 0 Å². The van der Waals surface area contributed by atoms with Crippen LogP contribution in [0, 0.1) is 26.7 Å². The fraction of sp³-hybridized carbons (Fsp3) is 0.700. The summed E-state index contributed by atoms with van der Waals surface area (Å²) in [7, 11) is 0. The van der Waals surface area contributed by atoms with Gasteiger partial charge in [0.05, 0.1) is 5.69 Å². The monoisotopic (exact) mass is 200 g/mol. The van der Waals surface area contributed by atoms with E-state index in [0.717, 1.165) is 17.0 Å². The molecule has 78 valence electrons. The van der Waals surface area contributed by atoms with Crippen LogP contribution in [-0.4, -0.2) is 15.7 Å². The Hall–Kier alpha value is -0.930. The van der Waals surface area contributed by atoms with Gasteiger partial charge in [0.15, 0.2) is 0 Å². The van der Waals surface area contributed by atoms with Crippen molar-refractivity contribution in [2.45, 2.75) is 39.7 Å². The van der Waals surface area contributed by atoms with Crippen LogP contribution in [0.4, 0.5) is 8.78 Å². The predicted molar refractivity (Wildman–Crippen MR) is 49.5 cm³/mol. The van der Waals surface area contributed by atoms with Crippen LogP contribution in [-0.2, 0) is 6.54 Å². The lowest BCUT2D eigenvalue weighted by molar-refractivity contribution is 0.0940. The van der Waals surface area contributed by atoms with Crippen LogP contribution in [0.15, 0.2) is 0 Å². The summed E-state index contributed by atoms with van der Waals surface area (Å²) in [6, 6.07) is 0. The van der Waals surface area contributed by atoms with Crippen molar-refractivity contribution in [3.05, 3.63) is 17.0 Å². The molecule has 1 aromatic heterocycles. The number of nitrogens with zero attached hydrogens (tertiary/aromatic N) is 2. The Morgan fingerprint density at radius 3 is 2.36 bits per heavy atom. The van der Waals surface area contributed by atoms with Gasteiger partial charge in [0.2, 0.25) is 0 Å². The van der Waals surface area contributed by atoms with Crippen LogP contribution in [0.1, 0.15) is 23.4 Å². The maximum absolute atomic E-state index is 12.7. The average molecular weight is 200 g/mol. The molecule has 1 unspecified atom stereocenters. The minimum Gasteiger partial charge on any atom is -0.269 e. The Labute approximate surface area is 81.9 Å². The number of rotatable bonds is 2. The molecule has 14 heavy (non-hydrogen) atoms. The molecule has 1 heterocycles. The van der Waals surface area contributed by atoms with Crippen molar-refractivity contribution in [1.29, 1.82) is 0 Å². The smallest absolute Gasteiger partial charge is 0.253 e. The van der Waals surface area contributed by atoms with Crippen molar-refractivity contribution < 1.29 is 8.78 Å². The molecule has 4 heteroatoms. The molecule has 0 amide bonds. The zero-order chi connectivity index (χ0) is 10.5. The van der Waals surface area contributed by atoms with Crippen LogP contribution < -0.4 is 0 Å². The average Bonchev–Trinajstić information content (AvgIpc) is 2.62. The largest absolute Gasteiger partial charge is 0.269 e. The lowest BCUT2D eigenvalue weighted by Gasteiger charge is -2.02. The zero-order valence-electron chi connectivity index (χ0n) is 8.64. The van der Waals surface area contributed by atoms with E-state index >= 15 is 0 Å². The molecule has 0 saturated heterocycles. The van der Waals surface area contributed by atoms with E-state index in [2.05, 4.69) is 5.10 Å². The number of aryl methyl sites for hydroxylation is 1. The van der Waals surface area contributed by atoms with Gasteiger partial charge in [0.25, 0.3) is 5.92 Å². The topological polar surface area (TPSA) is 17.8 Å². The Morgan fingerprint density at radius 1 is 1.43 bits per heavy atom. The van der Waals surface area contributed by atoms with E-state index in [0.29, 0.717) is 6.54 Å². The van der Waals surface area contributed by atoms with Gasteiger partial charge in [-0.05, 0) is 26.3 Å². The van der Waals surface area contributed by atoms with E-state index in [-0.39, 0.29) is 6.42 Å². The van der Waals surface area contributed by atoms with Crippen LogP contribution in [0.2, 0.25) is 0 Å². The highest BCUT2D eigenvalue weighted by molar-refractivity contribution is 5.22. The van der Waals surface area contributed by atoms with E-state index in [4.69, 9.17) is 0 Å². The first-order valence-corrected chi connectivity index (χ1v) is 4.80. The molecular formula is C10H14F2N2. The first kappa shape index (κ1) is 9.62. The molecule has 0 radical (unpaired) electrons. The van der Waals surface area contributed by atoms with Crippen molar-refractivity contribution in [3.8, 4) is 0 Å². The van der Waals surface area contributed by atoms with Crippen molar-refractivity contribution >= 4 is 0 Å². The summed E-state index contributed by atoms with van der Waals surface area (Å²) in [6.45, 7) is 6.16. The van der Waals surface area contributed by atoms with Crippen molar-refractivity contribution in [1.82, 2.24) is 9.78 Å². The minimum atomic E-state index is -2.44. The second-order valence-electron chi connectivity index (χ2n) is 4.14. The van der Waals surface area contributed by atoms with E-state index in [1.54, 1.807) is 4.68 Å². The summed E-state index contributed by atoms with van der Waals surface area (Å²) in [6.07, 6.45) is 0.0182.